The van der Waals surface area contributed by atoms with E-state index in [0.29, 0.717) is 12.1 Å². The zero-order chi connectivity index (χ0) is 14.4. The van der Waals surface area contributed by atoms with Gasteiger partial charge in [0.05, 0.1) is 12.5 Å². The summed E-state index contributed by atoms with van der Waals surface area (Å²) in [7, 11) is 0. The number of hydrogen-bond acceptors (Lipinski definition) is 3. The Kier molecular flexibility index (Phi) is 5.51. The van der Waals surface area contributed by atoms with Gasteiger partial charge in [0.15, 0.2) is 0 Å². The topological polar surface area (TPSA) is 83.6 Å². The van der Waals surface area contributed by atoms with Crippen molar-refractivity contribution in [1.29, 1.82) is 0 Å². The van der Waals surface area contributed by atoms with Crippen LogP contribution in [0, 0.1) is 6.92 Å². The number of carboxylic acid groups (broad SMARTS) is 1. The van der Waals surface area contributed by atoms with E-state index in [9.17, 15) is 9.59 Å². The highest BCUT2D eigenvalue weighted by molar-refractivity contribution is 5.97. The number of nitrogens with zero attached hydrogens (tertiary/aromatic N) is 1. The first-order valence-corrected chi connectivity index (χ1v) is 6.31. The number of carbonyl (C=O) groups excluding carboxylic acids is 1. The molecule has 0 spiro atoms. The van der Waals surface area contributed by atoms with Crippen molar-refractivity contribution in [2.24, 2.45) is 5.73 Å². The molecular weight excluding hydrogens is 244 g/mol. The van der Waals surface area contributed by atoms with Crippen LogP contribution in [-0.4, -0.2) is 29.6 Å². The van der Waals surface area contributed by atoms with Gasteiger partial charge in [-0.3, -0.25) is 9.59 Å². The van der Waals surface area contributed by atoms with Gasteiger partial charge < -0.3 is 15.7 Å². The molecule has 0 heterocycles. The molecular formula is C14H20N2O3. The van der Waals surface area contributed by atoms with Crippen LogP contribution in [0.4, 0.5) is 5.69 Å². The zero-order valence-electron chi connectivity index (χ0n) is 11.3. The molecule has 5 nitrogen and oxygen atoms in total. The average Bonchev–Trinajstić information content (AvgIpc) is 2.39. The summed E-state index contributed by atoms with van der Waals surface area (Å²) in [6.45, 7) is 3.91. The second-order valence-corrected chi connectivity index (χ2v) is 4.48. The molecule has 0 aliphatic rings. The van der Waals surface area contributed by atoms with Crippen LogP contribution in [0.3, 0.4) is 0 Å². The molecule has 0 unspecified atom stereocenters. The molecule has 3 N–H and O–H groups in total. The predicted octanol–water partition coefficient (Wildman–Crippen LogP) is 1.54. The highest BCUT2D eigenvalue weighted by Gasteiger charge is 2.21. The molecule has 104 valence electrons. The second-order valence-electron chi connectivity index (χ2n) is 4.48. The van der Waals surface area contributed by atoms with Gasteiger partial charge in [0, 0.05) is 12.2 Å². The lowest BCUT2D eigenvalue weighted by molar-refractivity contribution is -0.136. The van der Waals surface area contributed by atoms with Crippen molar-refractivity contribution in [3.05, 3.63) is 29.8 Å². The molecule has 0 bridgehead atoms. The number of aliphatic carboxylic acids is 1. The second kappa shape index (κ2) is 6.89. The number of carboxylic acids is 1. The van der Waals surface area contributed by atoms with Crippen LogP contribution in [0.15, 0.2) is 24.3 Å². The van der Waals surface area contributed by atoms with Gasteiger partial charge in [0.2, 0.25) is 5.91 Å². The van der Waals surface area contributed by atoms with Gasteiger partial charge in [-0.15, -0.1) is 0 Å². The van der Waals surface area contributed by atoms with Crippen LogP contribution in [0.1, 0.15) is 25.3 Å². The summed E-state index contributed by atoms with van der Waals surface area (Å²) >= 11 is 0. The lowest BCUT2D eigenvalue weighted by Crippen LogP contribution is -2.44. The third-order valence-corrected chi connectivity index (χ3v) is 2.92. The zero-order valence-corrected chi connectivity index (χ0v) is 11.3. The molecule has 0 radical (unpaired) electrons. The summed E-state index contributed by atoms with van der Waals surface area (Å²) in [5, 5.41) is 8.76. The minimum absolute atomic E-state index is 0.101. The summed E-state index contributed by atoms with van der Waals surface area (Å²) in [6.07, 6.45) is 0.421. The third kappa shape index (κ3) is 4.37. The Balaban J connectivity index is 2.94. The minimum atomic E-state index is -0.935. The number of nitrogens with two attached hydrogens (primary N) is 1. The van der Waals surface area contributed by atoms with Crippen molar-refractivity contribution in [2.45, 2.75) is 32.7 Å². The molecule has 1 atom stereocenters. The first kappa shape index (κ1) is 15.2. The van der Waals surface area contributed by atoms with Gasteiger partial charge in [-0.2, -0.15) is 0 Å². The monoisotopic (exact) mass is 264 g/mol. The lowest BCUT2D eigenvalue weighted by atomic mass is 10.1. The minimum Gasteiger partial charge on any atom is -0.481 e. The van der Waals surface area contributed by atoms with Gasteiger partial charge in [-0.05, 0) is 25.5 Å². The lowest BCUT2D eigenvalue weighted by Gasteiger charge is -2.25. The Labute approximate surface area is 113 Å². The Morgan fingerprint density at radius 3 is 2.37 bits per heavy atom. The highest BCUT2D eigenvalue weighted by atomic mass is 16.4. The van der Waals surface area contributed by atoms with Crippen molar-refractivity contribution in [3.8, 4) is 0 Å². The van der Waals surface area contributed by atoms with E-state index in [0.717, 1.165) is 5.56 Å². The van der Waals surface area contributed by atoms with Crippen LogP contribution >= 0.6 is 0 Å². The standard InChI is InChI=1S/C14H20N2O3/c1-3-12(15)14(19)16(9-8-13(17)18)11-6-4-10(2)5-7-11/h4-7,12H,3,8-9,15H2,1-2H3,(H,17,18)/t12-/m0/s1. The number of amides is 1. The van der Waals surface area contributed by atoms with E-state index >= 15 is 0 Å². The fourth-order valence-electron chi connectivity index (χ4n) is 1.67. The number of rotatable bonds is 6. The van der Waals surface area contributed by atoms with Gasteiger partial charge in [-0.1, -0.05) is 24.6 Å². The Morgan fingerprint density at radius 2 is 1.89 bits per heavy atom. The van der Waals surface area contributed by atoms with Crippen molar-refractivity contribution >= 4 is 17.6 Å². The largest absolute Gasteiger partial charge is 0.481 e. The third-order valence-electron chi connectivity index (χ3n) is 2.92. The smallest absolute Gasteiger partial charge is 0.305 e. The maximum atomic E-state index is 12.2. The number of anilines is 1. The van der Waals surface area contributed by atoms with E-state index in [1.807, 2.05) is 26.0 Å². The van der Waals surface area contributed by atoms with Crippen LogP contribution in [0.25, 0.3) is 0 Å². The summed E-state index contributed by atoms with van der Waals surface area (Å²) in [5.74, 6) is -1.18. The Bertz CT molecular complexity index is 443. The first-order chi connectivity index (χ1) is 8.95. The quantitative estimate of drug-likeness (QED) is 0.816. The van der Waals surface area contributed by atoms with E-state index < -0.39 is 12.0 Å². The molecule has 0 aliphatic heterocycles. The number of aryl methyl sites for hydroxylation is 1. The van der Waals surface area contributed by atoms with Crippen molar-refractivity contribution in [3.63, 3.8) is 0 Å². The van der Waals surface area contributed by atoms with Crippen molar-refractivity contribution < 1.29 is 14.7 Å². The number of benzene rings is 1. The predicted molar refractivity (Wildman–Crippen MR) is 74.1 cm³/mol. The average molecular weight is 264 g/mol. The van der Waals surface area contributed by atoms with Gasteiger partial charge in [0.25, 0.3) is 0 Å². The van der Waals surface area contributed by atoms with E-state index in [1.54, 1.807) is 12.1 Å². The van der Waals surface area contributed by atoms with Crippen LogP contribution < -0.4 is 10.6 Å². The van der Waals surface area contributed by atoms with Gasteiger partial charge in [-0.25, -0.2) is 0 Å². The number of hydrogen-bond donors (Lipinski definition) is 2. The molecule has 1 rings (SSSR count). The van der Waals surface area contributed by atoms with E-state index in [1.165, 1.54) is 4.90 Å². The normalized spacial score (nSPS) is 11.9. The fourth-order valence-corrected chi connectivity index (χ4v) is 1.67. The van der Waals surface area contributed by atoms with E-state index in [2.05, 4.69) is 0 Å². The molecule has 1 amide bonds. The van der Waals surface area contributed by atoms with E-state index in [4.69, 9.17) is 10.8 Å². The molecule has 0 saturated heterocycles. The van der Waals surface area contributed by atoms with Crippen molar-refractivity contribution in [2.75, 3.05) is 11.4 Å². The summed E-state index contributed by atoms with van der Waals surface area (Å²) in [6, 6.07) is 6.77. The molecule has 0 aromatic heterocycles. The molecule has 0 saturated carbocycles. The van der Waals surface area contributed by atoms with Crippen molar-refractivity contribution in [1.82, 2.24) is 0 Å². The van der Waals surface area contributed by atoms with Gasteiger partial charge in [0.1, 0.15) is 0 Å². The van der Waals surface area contributed by atoms with Crippen LogP contribution in [0.2, 0.25) is 0 Å². The maximum absolute atomic E-state index is 12.2. The molecule has 1 aromatic rings. The molecule has 0 fully saturated rings. The number of carbonyl (C=O) groups is 2. The highest BCUT2D eigenvalue weighted by Crippen LogP contribution is 2.17. The molecule has 1 aromatic carbocycles. The SMILES string of the molecule is CC[C@H](N)C(=O)N(CCC(=O)O)c1ccc(C)cc1. The summed E-state index contributed by atoms with van der Waals surface area (Å²) < 4.78 is 0. The molecule has 19 heavy (non-hydrogen) atoms. The fraction of sp³-hybridized carbons (Fsp3) is 0.429. The van der Waals surface area contributed by atoms with E-state index in [-0.39, 0.29) is 18.9 Å². The Hall–Kier alpha value is -1.88. The summed E-state index contributed by atoms with van der Waals surface area (Å²) in [4.78, 5) is 24.3. The van der Waals surface area contributed by atoms with Crippen LogP contribution in [0.5, 0.6) is 0 Å². The summed E-state index contributed by atoms with van der Waals surface area (Å²) in [5.41, 5.74) is 7.51. The molecule has 5 heteroatoms. The van der Waals surface area contributed by atoms with Gasteiger partial charge >= 0.3 is 5.97 Å². The Morgan fingerprint density at radius 1 is 1.32 bits per heavy atom. The van der Waals surface area contributed by atoms with Crippen LogP contribution in [-0.2, 0) is 9.59 Å². The maximum Gasteiger partial charge on any atom is 0.305 e. The first-order valence-electron chi connectivity index (χ1n) is 6.31. The molecule has 0 aliphatic carbocycles.